The van der Waals surface area contributed by atoms with Gasteiger partial charge in [-0.3, -0.25) is 5.32 Å². The molecule has 0 aromatic heterocycles. The van der Waals surface area contributed by atoms with Crippen molar-refractivity contribution in [3.05, 3.63) is 90.0 Å². The van der Waals surface area contributed by atoms with Crippen LogP contribution in [-0.2, 0) is 18.0 Å². The van der Waals surface area contributed by atoms with Crippen LogP contribution in [0.5, 0.6) is 11.5 Å². The van der Waals surface area contributed by atoms with E-state index in [1.165, 1.54) is 0 Å². The second-order valence-corrected chi connectivity index (χ2v) is 7.81. The highest BCUT2D eigenvalue weighted by Gasteiger charge is 2.19. The number of amides is 1. The average Bonchev–Trinajstić information content (AvgIpc) is 2.71. The van der Waals surface area contributed by atoms with Crippen LogP contribution in [-0.4, -0.2) is 11.7 Å². The fraction of sp³-hybridized carbons (Fsp3) is 0.240. The number of ether oxygens (including phenoxy) is 3. The third-order valence-corrected chi connectivity index (χ3v) is 4.08. The predicted molar refractivity (Wildman–Crippen MR) is 118 cm³/mol. The monoisotopic (exact) mass is 405 g/mol. The Morgan fingerprint density at radius 1 is 0.767 bits per heavy atom. The molecule has 5 nitrogen and oxygen atoms in total. The van der Waals surface area contributed by atoms with Crippen molar-refractivity contribution < 1.29 is 19.0 Å². The predicted octanol–water partition coefficient (Wildman–Crippen LogP) is 6.19. The van der Waals surface area contributed by atoms with Crippen LogP contribution in [0.1, 0.15) is 31.9 Å². The quantitative estimate of drug-likeness (QED) is 0.509. The number of anilines is 1. The van der Waals surface area contributed by atoms with E-state index in [0.29, 0.717) is 30.4 Å². The van der Waals surface area contributed by atoms with Gasteiger partial charge in [-0.1, -0.05) is 66.7 Å². The SMILES string of the molecule is CC(C)(C)OC(=O)Nc1cccc(OCc2ccccc2)c1OCc1ccccc1. The van der Waals surface area contributed by atoms with Gasteiger partial charge in [0.25, 0.3) is 0 Å². The van der Waals surface area contributed by atoms with E-state index in [4.69, 9.17) is 14.2 Å². The summed E-state index contributed by atoms with van der Waals surface area (Å²) in [7, 11) is 0. The van der Waals surface area contributed by atoms with Gasteiger partial charge in [-0.05, 0) is 44.0 Å². The molecule has 0 heterocycles. The smallest absolute Gasteiger partial charge is 0.412 e. The highest BCUT2D eigenvalue weighted by Crippen LogP contribution is 2.37. The maximum Gasteiger partial charge on any atom is 0.412 e. The molecule has 0 bridgehead atoms. The van der Waals surface area contributed by atoms with E-state index >= 15 is 0 Å². The van der Waals surface area contributed by atoms with Crippen molar-refractivity contribution in [3.8, 4) is 11.5 Å². The number of rotatable bonds is 7. The number of hydrogen-bond acceptors (Lipinski definition) is 4. The minimum atomic E-state index is -0.601. The van der Waals surface area contributed by atoms with Crippen molar-refractivity contribution in [1.29, 1.82) is 0 Å². The number of carbonyl (C=O) groups is 1. The normalized spacial score (nSPS) is 10.9. The van der Waals surface area contributed by atoms with Gasteiger partial charge in [-0.25, -0.2) is 4.79 Å². The Balaban J connectivity index is 1.81. The van der Waals surface area contributed by atoms with E-state index in [2.05, 4.69) is 5.32 Å². The van der Waals surface area contributed by atoms with Crippen molar-refractivity contribution in [2.24, 2.45) is 0 Å². The molecule has 1 N–H and O–H groups in total. The molecule has 0 unspecified atom stereocenters. The lowest BCUT2D eigenvalue weighted by Gasteiger charge is -2.21. The van der Waals surface area contributed by atoms with Crippen molar-refractivity contribution in [2.45, 2.75) is 39.6 Å². The molecule has 1 amide bonds. The summed E-state index contributed by atoms with van der Waals surface area (Å²) in [5, 5.41) is 2.78. The van der Waals surface area contributed by atoms with Crippen LogP contribution in [0.2, 0.25) is 0 Å². The molecule has 0 atom stereocenters. The fourth-order valence-corrected chi connectivity index (χ4v) is 2.76. The van der Waals surface area contributed by atoms with Crippen LogP contribution in [0.4, 0.5) is 10.5 Å². The van der Waals surface area contributed by atoms with E-state index in [1.54, 1.807) is 6.07 Å². The lowest BCUT2D eigenvalue weighted by molar-refractivity contribution is 0.0635. The zero-order valence-corrected chi connectivity index (χ0v) is 17.6. The molecular formula is C25H27NO4. The Hall–Kier alpha value is -3.47. The van der Waals surface area contributed by atoms with Crippen LogP contribution in [0.3, 0.4) is 0 Å². The van der Waals surface area contributed by atoms with Crippen LogP contribution < -0.4 is 14.8 Å². The first kappa shape index (κ1) is 21.2. The van der Waals surface area contributed by atoms with Gasteiger partial charge < -0.3 is 14.2 Å². The average molecular weight is 405 g/mol. The third-order valence-electron chi connectivity index (χ3n) is 4.08. The van der Waals surface area contributed by atoms with Gasteiger partial charge in [0, 0.05) is 0 Å². The van der Waals surface area contributed by atoms with Crippen molar-refractivity contribution in [1.82, 2.24) is 0 Å². The minimum absolute atomic E-state index is 0.343. The second-order valence-electron chi connectivity index (χ2n) is 7.81. The van der Waals surface area contributed by atoms with Gasteiger partial charge in [-0.2, -0.15) is 0 Å². The minimum Gasteiger partial charge on any atom is -0.485 e. The highest BCUT2D eigenvalue weighted by atomic mass is 16.6. The molecule has 3 aromatic carbocycles. The van der Waals surface area contributed by atoms with Gasteiger partial charge in [0.05, 0.1) is 5.69 Å². The van der Waals surface area contributed by atoms with Crippen LogP contribution in [0.15, 0.2) is 78.9 Å². The van der Waals surface area contributed by atoms with Crippen LogP contribution in [0, 0.1) is 0 Å². The number of para-hydroxylation sites is 1. The molecule has 3 aromatic rings. The molecule has 0 spiro atoms. The summed E-state index contributed by atoms with van der Waals surface area (Å²) >= 11 is 0. The number of hydrogen-bond donors (Lipinski definition) is 1. The Kier molecular flexibility index (Phi) is 6.96. The Morgan fingerprint density at radius 2 is 1.33 bits per heavy atom. The van der Waals surface area contributed by atoms with Gasteiger partial charge in [0.2, 0.25) is 0 Å². The standard InChI is InChI=1S/C25H27NO4/c1-25(2,3)30-24(27)26-21-15-10-16-22(28-17-19-11-6-4-7-12-19)23(21)29-18-20-13-8-5-9-14-20/h4-16H,17-18H2,1-3H3,(H,26,27). The Labute approximate surface area is 177 Å². The van der Waals surface area contributed by atoms with E-state index < -0.39 is 11.7 Å². The van der Waals surface area contributed by atoms with Crippen molar-refractivity contribution in [3.63, 3.8) is 0 Å². The fourth-order valence-electron chi connectivity index (χ4n) is 2.76. The molecule has 30 heavy (non-hydrogen) atoms. The first-order valence-electron chi connectivity index (χ1n) is 9.87. The maximum absolute atomic E-state index is 12.3. The van der Waals surface area contributed by atoms with E-state index in [9.17, 15) is 4.79 Å². The molecule has 156 valence electrons. The highest BCUT2D eigenvalue weighted by molar-refractivity contribution is 5.87. The third kappa shape index (κ3) is 6.55. The molecule has 0 aliphatic heterocycles. The molecule has 3 rings (SSSR count). The van der Waals surface area contributed by atoms with Crippen LogP contribution >= 0.6 is 0 Å². The summed E-state index contributed by atoms with van der Waals surface area (Å²) < 4.78 is 17.5. The van der Waals surface area contributed by atoms with Gasteiger partial charge in [0.1, 0.15) is 18.8 Å². The largest absolute Gasteiger partial charge is 0.485 e. The molecule has 0 fully saturated rings. The van der Waals surface area contributed by atoms with Gasteiger partial charge in [-0.15, -0.1) is 0 Å². The summed E-state index contributed by atoms with van der Waals surface area (Å²) in [5.74, 6) is 1.01. The molecule has 0 saturated heterocycles. The summed E-state index contributed by atoms with van der Waals surface area (Å²) in [6, 6.07) is 25.1. The van der Waals surface area contributed by atoms with E-state index in [0.717, 1.165) is 11.1 Å². The lowest BCUT2D eigenvalue weighted by Crippen LogP contribution is -2.27. The molecule has 0 aliphatic carbocycles. The molecule has 5 heteroatoms. The summed E-state index contributed by atoms with van der Waals surface area (Å²) in [5.41, 5.74) is 1.94. The van der Waals surface area contributed by atoms with Gasteiger partial charge in [0.15, 0.2) is 11.5 Å². The molecule has 0 saturated carbocycles. The Morgan fingerprint density at radius 3 is 1.90 bits per heavy atom. The summed E-state index contributed by atoms with van der Waals surface area (Å²) in [4.78, 5) is 12.3. The maximum atomic E-state index is 12.3. The van der Waals surface area contributed by atoms with Crippen molar-refractivity contribution in [2.75, 3.05) is 5.32 Å². The topological polar surface area (TPSA) is 56.8 Å². The van der Waals surface area contributed by atoms with E-state index in [1.807, 2.05) is 93.6 Å². The summed E-state index contributed by atoms with van der Waals surface area (Å²) in [6.45, 7) is 6.18. The number of carbonyl (C=O) groups excluding carboxylic acids is 1. The van der Waals surface area contributed by atoms with Crippen molar-refractivity contribution >= 4 is 11.8 Å². The molecule has 0 aliphatic rings. The van der Waals surface area contributed by atoms with Crippen LogP contribution in [0.25, 0.3) is 0 Å². The van der Waals surface area contributed by atoms with E-state index in [-0.39, 0.29) is 0 Å². The first-order chi connectivity index (χ1) is 14.4. The molecule has 0 radical (unpaired) electrons. The Bertz CT molecular complexity index is 950. The number of nitrogens with one attached hydrogen (secondary N) is 1. The lowest BCUT2D eigenvalue weighted by atomic mass is 10.2. The summed E-state index contributed by atoms with van der Waals surface area (Å²) in [6.07, 6.45) is -0.549. The molecular weight excluding hydrogens is 378 g/mol. The second kappa shape index (κ2) is 9.83. The number of benzene rings is 3. The first-order valence-corrected chi connectivity index (χ1v) is 9.87. The zero-order chi connectivity index (χ0) is 21.4. The zero-order valence-electron chi connectivity index (χ0n) is 17.6. The van der Waals surface area contributed by atoms with Gasteiger partial charge >= 0.3 is 6.09 Å².